The molecule has 0 aromatic heterocycles. The zero-order chi connectivity index (χ0) is 18.5. The Hall–Kier alpha value is -2.08. The van der Waals surface area contributed by atoms with Crippen molar-refractivity contribution in [3.63, 3.8) is 0 Å². The Labute approximate surface area is 154 Å². The summed E-state index contributed by atoms with van der Waals surface area (Å²) >= 11 is 0. The summed E-state index contributed by atoms with van der Waals surface area (Å²) in [7, 11) is 0. The third kappa shape index (κ3) is 5.46. The van der Waals surface area contributed by atoms with Gasteiger partial charge in [0.15, 0.2) is 6.61 Å². The Morgan fingerprint density at radius 1 is 1.15 bits per heavy atom. The van der Waals surface area contributed by atoms with Crippen molar-refractivity contribution < 1.29 is 14.3 Å². The summed E-state index contributed by atoms with van der Waals surface area (Å²) in [4.78, 5) is 23.9. The predicted octanol–water partition coefficient (Wildman–Crippen LogP) is 2.04. The Bertz CT molecular complexity index is 628. The number of rotatable bonds is 8. The lowest BCUT2D eigenvalue weighted by atomic mass is 9.99. The van der Waals surface area contributed by atoms with Gasteiger partial charge in [-0.15, -0.1) is 0 Å². The average molecular weight is 359 g/mol. The van der Waals surface area contributed by atoms with Crippen molar-refractivity contribution in [2.45, 2.75) is 63.6 Å². The lowest BCUT2D eigenvalue weighted by Gasteiger charge is -2.18. The fourth-order valence-corrected chi connectivity index (χ4v) is 3.44. The lowest BCUT2D eigenvalue weighted by Crippen LogP contribution is -2.32. The monoisotopic (exact) mass is 359 g/mol. The van der Waals surface area contributed by atoms with E-state index in [4.69, 9.17) is 10.5 Å². The molecule has 0 aliphatic heterocycles. The molecule has 3 rings (SSSR count). The Kier molecular flexibility index (Phi) is 6.14. The molecule has 0 spiro atoms. The molecule has 2 aliphatic carbocycles. The van der Waals surface area contributed by atoms with Gasteiger partial charge in [0.2, 0.25) is 5.91 Å². The quantitative estimate of drug-likeness (QED) is 0.662. The van der Waals surface area contributed by atoms with Crippen molar-refractivity contribution in [2.24, 2.45) is 11.7 Å². The van der Waals surface area contributed by atoms with E-state index in [9.17, 15) is 9.59 Å². The summed E-state index contributed by atoms with van der Waals surface area (Å²) in [5.74, 6) is 0.925. The van der Waals surface area contributed by atoms with E-state index in [1.165, 1.54) is 0 Å². The minimum Gasteiger partial charge on any atom is -0.484 e. The zero-order valence-corrected chi connectivity index (χ0v) is 15.4. The lowest BCUT2D eigenvalue weighted by molar-refractivity contribution is -0.123. The van der Waals surface area contributed by atoms with Gasteiger partial charge in [0.25, 0.3) is 5.91 Å². The maximum atomic E-state index is 12.2. The van der Waals surface area contributed by atoms with Crippen LogP contribution in [0.5, 0.6) is 5.75 Å². The molecule has 6 nitrogen and oxygen atoms in total. The molecule has 3 atom stereocenters. The van der Waals surface area contributed by atoms with Gasteiger partial charge in [-0.2, -0.15) is 0 Å². The van der Waals surface area contributed by atoms with Gasteiger partial charge in [-0.25, -0.2) is 0 Å². The van der Waals surface area contributed by atoms with Crippen LogP contribution in [0.2, 0.25) is 0 Å². The number of benzene rings is 1. The number of hydrogen-bond acceptors (Lipinski definition) is 4. The highest BCUT2D eigenvalue weighted by Gasteiger charge is 2.26. The van der Waals surface area contributed by atoms with Gasteiger partial charge in [0, 0.05) is 18.5 Å². The van der Waals surface area contributed by atoms with Crippen molar-refractivity contribution in [1.82, 2.24) is 10.6 Å². The van der Waals surface area contributed by atoms with E-state index in [0.29, 0.717) is 24.1 Å². The summed E-state index contributed by atoms with van der Waals surface area (Å²) in [6, 6.07) is 7.92. The van der Waals surface area contributed by atoms with Gasteiger partial charge in [-0.3, -0.25) is 9.59 Å². The zero-order valence-electron chi connectivity index (χ0n) is 15.4. The molecule has 2 amide bonds. The smallest absolute Gasteiger partial charge is 0.258 e. The van der Waals surface area contributed by atoms with E-state index >= 15 is 0 Å². The highest BCUT2D eigenvalue weighted by Crippen LogP contribution is 2.27. The fraction of sp³-hybridized carbons (Fsp3) is 0.600. The first-order chi connectivity index (χ1) is 12.5. The number of hydrogen-bond donors (Lipinski definition) is 3. The second kappa shape index (κ2) is 8.54. The molecule has 0 heterocycles. The standard InChI is InChI=1S/C20H29N3O3/c1-13(22-19(24)11-15-3-2-4-18(15)21)14-5-9-17(10-6-14)26-12-20(25)23-16-7-8-16/h5-6,9-10,13,15-16,18H,2-4,7-8,11-12,21H2,1H3,(H,22,24)(H,23,25)/t13?,15-,18+/m0/s1. The van der Waals surface area contributed by atoms with Crippen LogP contribution < -0.4 is 21.1 Å². The van der Waals surface area contributed by atoms with Gasteiger partial charge in [0.05, 0.1) is 6.04 Å². The van der Waals surface area contributed by atoms with Crippen molar-refractivity contribution >= 4 is 11.8 Å². The molecule has 1 aromatic rings. The first-order valence-electron chi connectivity index (χ1n) is 9.58. The number of nitrogens with two attached hydrogens (primary N) is 1. The van der Waals surface area contributed by atoms with E-state index in [0.717, 1.165) is 37.7 Å². The maximum Gasteiger partial charge on any atom is 0.258 e. The van der Waals surface area contributed by atoms with Crippen LogP contribution in [-0.4, -0.2) is 30.5 Å². The first-order valence-corrected chi connectivity index (χ1v) is 9.58. The Balaban J connectivity index is 1.43. The third-order valence-corrected chi connectivity index (χ3v) is 5.24. The van der Waals surface area contributed by atoms with Crippen LogP contribution in [0.1, 0.15) is 57.1 Å². The minimum atomic E-state index is -0.0812. The van der Waals surface area contributed by atoms with Crippen LogP contribution in [0.15, 0.2) is 24.3 Å². The molecule has 1 unspecified atom stereocenters. The Morgan fingerprint density at radius 3 is 2.50 bits per heavy atom. The van der Waals surface area contributed by atoms with Crippen LogP contribution >= 0.6 is 0 Å². The summed E-state index contributed by atoms with van der Waals surface area (Å²) in [5, 5.41) is 5.93. The minimum absolute atomic E-state index is 0.0315. The highest BCUT2D eigenvalue weighted by atomic mass is 16.5. The SMILES string of the molecule is CC(NC(=O)C[C@@H]1CCC[C@H]1N)c1ccc(OCC(=O)NC2CC2)cc1. The predicted molar refractivity (Wildman–Crippen MR) is 99.6 cm³/mol. The number of amides is 2. The van der Waals surface area contributed by atoms with Crippen LogP contribution in [0.3, 0.4) is 0 Å². The van der Waals surface area contributed by atoms with E-state index in [1.807, 2.05) is 31.2 Å². The summed E-state index contributed by atoms with van der Waals surface area (Å²) in [5.41, 5.74) is 7.05. The van der Waals surface area contributed by atoms with E-state index in [2.05, 4.69) is 10.6 Å². The molecule has 0 bridgehead atoms. The van der Waals surface area contributed by atoms with Crippen molar-refractivity contribution in [1.29, 1.82) is 0 Å². The van der Waals surface area contributed by atoms with Gasteiger partial charge in [-0.1, -0.05) is 18.6 Å². The molecule has 0 saturated heterocycles. The van der Waals surface area contributed by atoms with Crippen molar-refractivity contribution in [3.8, 4) is 5.75 Å². The molecule has 6 heteroatoms. The summed E-state index contributed by atoms with van der Waals surface area (Å²) in [6.45, 7) is 2.00. The summed E-state index contributed by atoms with van der Waals surface area (Å²) in [6.07, 6.45) is 5.82. The second-order valence-electron chi connectivity index (χ2n) is 7.55. The molecule has 2 saturated carbocycles. The van der Waals surface area contributed by atoms with E-state index < -0.39 is 0 Å². The van der Waals surface area contributed by atoms with E-state index in [-0.39, 0.29) is 30.5 Å². The van der Waals surface area contributed by atoms with Crippen LogP contribution in [0.4, 0.5) is 0 Å². The van der Waals surface area contributed by atoms with Crippen LogP contribution in [-0.2, 0) is 9.59 Å². The van der Waals surface area contributed by atoms with Gasteiger partial charge in [0.1, 0.15) is 5.75 Å². The summed E-state index contributed by atoms with van der Waals surface area (Å²) < 4.78 is 5.50. The second-order valence-corrected chi connectivity index (χ2v) is 7.55. The number of nitrogens with one attached hydrogen (secondary N) is 2. The van der Waals surface area contributed by atoms with Gasteiger partial charge in [-0.05, 0) is 56.2 Å². The molecule has 142 valence electrons. The number of carbonyl (C=O) groups excluding carboxylic acids is 2. The molecule has 26 heavy (non-hydrogen) atoms. The van der Waals surface area contributed by atoms with Crippen molar-refractivity contribution in [2.75, 3.05) is 6.61 Å². The van der Waals surface area contributed by atoms with Gasteiger partial charge >= 0.3 is 0 Å². The molecule has 2 aliphatic rings. The normalized spacial score (nSPS) is 23.3. The topological polar surface area (TPSA) is 93.5 Å². The largest absolute Gasteiger partial charge is 0.484 e. The number of ether oxygens (including phenoxy) is 1. The maximum absolute atomic E-state index is 12.2. The molecular weight excluding hydrogens is 330 g/mol. The molecule has 0 radical (unpaired) electrons. The Morgan fingerprint density at radius 2 is 1.88 bits per heavy atom. The fourth-order valence-electron chi connectivity index (χ4n) is 3.44. The van der Waals surface area contributed by atoms with Crippen LogP contribution in [0, 0.1) is 5.92 Å². The number of carbonyl (C=O) groups is 2. The molecule has 1 aromatic carbocycles. The average Bonchev–Trinajstić information content (AvgIpc) is 3.34. The molecule has 2 fully saturated rings. The first kappa shape index (κ1) is 18.7. The molecule has 4 N–H and O–H groups in total. The van der Waals surface area contributed by atoms with Crippen LogP contribution in [0.25, 0.3) is 0 Å². The van der Waals surface area contributed by atoms with Crippen molar-refractivity contribution in [3.05, 3.63) is 29.8 Å². The van der Waals surface area contributed by atoms with Gasteiger partial charge < -0.3 is 21.1 Å². The van der Waals surface area contributed by atoms with E-state index in [1.54, 1.807) is 0 Å². The third-order valence-electron chi connectivity index (χ3n) is 5.24. The molecular formula is C20H29N3O3. The highest BCUT2D eigenvalue weighted by molar-refractivity contribution is 5.78.